The van der Waals surface area contributed by atoms with Crippen molar-refractivity contribution in [3.05, 3.63) is 76.9 Å². The highest BCUT2D eigenvalue weighted by molar-refractivity contribution is 6.07. The maximum Gasteiger partial charge on any atom is 0.291 e. The largest absolute Gasteiger partial charge is 0.323 e. The predicted octanol–water partition coefficient (Wildman–Crippen LogP) is 4.34. The zero-order valence-electron chi connectivity index (χ0n) is 16.7. The molecule has 3 aromatic rings. The van der Waals surface area contributed by atoms with Crippen molar-refractivity contribution in [1.29, 1.82) is 0 Å². The first kappa shape index (κ1) is 18.9. The van der Waals surface area contributed by atoms with Crippen LogP contribution in [0.2, 0.25) is 0 Å². The summed E-state index contributed by atoms with van der Waals surface area (Å²) in [5, 5.41) is 5.87. The molecule has 0 saturated heterocycles. The van der Waals surface area contributed by atoms with Crippen LogP contribution in [0, 0.1) is 13.8 Å². The molecule has 0 spiro atoms. The molecule has 1 aromatic heterocycles. The third kappa shape index (κ3) is 3.78. The van der Waals surface area contributed by atoms with E-state index in [1.807, 2.05) is 66.9 Å². The van der Waals surface area contributed by atoms with Crippen molar-refractivity contribution < 1.29 is 9.59 Å². The average molecular weight is 388 g/mol. The van der Waals surface area contributed by atoms with Crippen LogP contribution < -0.4 is 10.6 Å². The fraction of sp³-hybridized carbons (Fsp3) is 0.261. The van der Waals surface area contributed by atoms with E-state index in [9.17, 15) is 9.59 Å². The molecule has 0 radical (unpaired) electrons. The lowest BCUT2D eigenvalue weighted by atomic mass is 10.1. The van der Waals surface area contributed by atoms with Crippen LogP contribution >= 0.6 is 0 Å². The summed E-state index contributed by atoms with van der Waals surface area (Å²) in [5.74, 6) is -0.282. The Bertz CT molecular complexity index is 1000. The Morgan fingerprint density at radius 2 is 1.45 bits per heavy atom. The Morgan fingerprint density at radius 1 is 0.862 bits per heavy atom. The third-order valence-corrected chi connectivity index (χ3v) is 5.32. The molecule has 6 nitrogen and oxygen atoms in total. The molecular formula is C23H24N4O2. The van der Waals surface area contributed by atoms with E-state index in [0.717, 1.165) is 47.5 Å². The first-order chi connectivity index (χ1) is 14.0. The minimum absolute atomic E-state index is 0.278. The number of aryl methyl sites for hydroxylation is 2. The summed E-state index contributed by atoms with van der Waals surface area (Å²) in [5.41, 5.74) is 4.62. The molecule has 0 saturated carbocycles. The quantitative estimate of drug-likeness (QED) is 0.698. The molecule has 2 amide bonds. The van der Waals surface area contributed by atoms with E-state index < -0.39 is 0 Å². The van der Waals surface area contributed by atoms with Crippen LogP contribution in [0.15, 0.2) is 48.5 Å². The second kappa shape index (κ2) is 7.91. The Hall–Kier alpha value is -3.41. The highest BCUT2D eigenvalue weighted by atomic mass is 16.2. The molecule has 0 fully saturated rings. The first-order valence-electron chi connectivity index (χ1n) is 9.88. The number of fused-ring (bicyclic) bond motifs is 1. The molecule has 1 aliphatic rings. The fourth-order valence-electron chi connectivity index (χ4n) is 3.68. The Balaban J connectivity index is 1.65. The second-order valence-corrected chi connectivity index (χ2v) is 7.38. The number of benzene rings is 2. The number of carbonyl (C=O) groups is 2. The SMILES string of the molecule is Cc1ccccc1NC(=O)c1nc(C(=O)Nc2ccccc2C)n2c1CCCC2. The summed E-state index contributed by atoms with van der Waals surface area (Å²) < 4.78 is 1.89. The van der Waals surface area contributed by atoms with Crippen molar-refractivity contribution in [3.63, 3.8) is 0 Å². The topological polar surface area (TPSA) is 76.0 Å². The molecule has 2 N–H and O–H groups in total. The molecule has 6 heteroatoms. The van der Waals surface area contributed by atoms with Crippen molar-refractivity contribution in [2.24, 2.45) is 0 Å². The van der Waals surface area contributed by atoms with Crippen LogP contribution in [0.5, 0.6) is 0 Å². The number of rotatable bonds is 4. The Morgan fingerprint density at radius 3 is 2.07 bits per heavy atom. The van der Waals surface area contributed by atoms with Gasteiger partial charge in [0.1, 0.15) is 0 Å². The molecule has 2 aromatic carbocycles. The maximum atomic E-state index is 13.0. The molecular weight excluding hydrogens is 364 g/mol. The van der Waals surface area contributed by atoms with Gasteiger partial charge in [-0.05, 0) is 56.4 Å². The highest BCUT2D eigenvalue weighted by Crippen LogP contribution is 2.24. The minimum atomic E-state index is -0.294. The Labute approximate surface area is 170 Å². The molecule has 2 heterocycles. The second-order valence-electron chi connectivity index (χ2n) is 7.38. The number of carbonyl (C=O) groups excluding carboxylic acids is 2. The average Bonchev–Trinajstić information content (AvgIpc) is 3.11. The van der Waals surface area contributed by atoms with Crippen LogP contribution in [0.25, 0.3) is 0 Å². The maximum absolute atomic E-state index is 13.0. The molecule has 0 atom stereocenters. The van der Waals surface area contributed by atoms with Crippen LogP contribution in [-0.4, -0.2) is 21.4 Å². The van der Waals surface area contributed by atoms with Crippen LogP contribution in [0.1, 0.15) is 50.8 Å². The molecule has 148 valence electrons. The monoisotopic (exact) mass is 388 g/mol. The summed E-state index contributed by atoms with van der Waals surface area (Å²) in [6.07, 6.45) is 2.68. The molecule has 29 heavy (non-hydrogen) atoms. The van der Waals surface area contributed by atoms with E-state index in [2.05, 4.69) is 15.6 Å². The zero-order chi connectivity index (χ0) is 20.4. The van der Waals surface area contributed by atoms with Crippen LogP contribution in [-0.2, 0) is 13.0 Å². The number of amides is 2. The summed E-state index contributed by atoms with van der Waals surface area (Å²) in [6.45, 7) is 4.58. The van der Waals surface area contributed by atoms with E-state index in [0.29, 0.717) is 12.2 Å². The van der Waals surface area contributed by atoms with Crippen LogP contribution in [0.3, 0.4) is 0 Å². The van der Waals surface area contributed by atoms with Gasteiger partial charge in [0.25, 0.3) is 11.8 Å². The van der Waals surface area contributed by atoms with Crippen molar-refractivity contribution in [2.75, 3.05) is 10.6 Å². The van der Waals surface area contributed by atoms with Crippen molar-refractivity contribution in [1.82, 2.24) is 9.55 Å². The summed E-state index contributed by atoms with van der Waals surface area (Å²) in [4.78, 5) is 30.4. The number of nitrogens with zero attached hydrogens (tertiary/aromatic N) is 2. The molecule has 4 rings (SSSR count). The summed E-state index contributed by atoms with van der Waals surface area (Å²) in [6, 6.07) is 15.2. The molecule has 0 aliphatic carbocycles. The zero-order valence-corrected chi connectivity index (χ0v) is 16.7. The van der Waals surface area contributed by atoms with Gasteiger partial charge in [-0.15, -0.1) is 0 Å². The standard InChI is InChI=1S/C23H24N4O2/c1-15-9-3-5-11-17(15)24-22(28)20-19-13-7-8-14-27(19)21(26-20)23(29)25-18-12-6-4-10-16(18)2/h3-6,9-12H,7-8,13-14H2,1-2H3,(H,24,28)(H,25,29). The van der Waals surface area contributed by atoms with Gasteiger partial charge >= 0.3 is 0 Å². The number of para-hydroxylation sites is 2. The number of aromatic nitrogens is 2. The van der Waals surface area contributed by atoms with Crippen molar-refractivity contribution in [3.8, 4) is 0 Å². The van der Waals surface area contributed by atoms with E-state index >= 15 is 0 Å². The minimum Gasteiger partial charge on any atom is -0.323 e. The van der Waals surface area contributed by atoms with Gasteiger partial charge in [0.05, 0.1) is 5.69 Å². The molecule has 1 aliphatic heterocycles. The van der Waals surface area contributed by atoms with Crippen molar-refractivity contribution in [2.45, 2.75) is 39.7 Å². The van der Waals surface area contributed by atoms with Gasteiger partial charge in [0.15, 0.2) is 11.5 Å². The first-order valence-corrected chi connectivity index (χ1v) is 9.88. The number of imidazole rings is 1. The number of hydrogen-bond donors (Lipinski definition) is 2. The van der Waals surface area contributed by atoms with Gasteiger partial charge in [0, 0.05) is 17.9 Å². The van der Waals surface area contributed by atoms with Gasteiger partial charge in [0.2, 0.25) is 0 Å². The van der Waals surface area contributed by atoms with Crippen molar-refractivity contribution >= 4 is 23.2 Å². The van der Waals surface area contributed by atoms with E-state index in [1.165, 1.54) is 0 Å². The number of nitrogens with one attached hydrogen (secondary N) is 2. The van der Waals surface area contributed by atoms with E-state index in [4.69, 9.17) is 0 Å². The third-order valence-electron chi connectivity index (χ3n) is 5.32. The summed E-state index contributed by atoms with van der Waals surface area (Å²) >= 11 is 0. The molecule has 0 unspecified atom stereocenters. The lowest BCUT2D eigenvalue weighted by Gasteiger charge is -2.17. The number of anilines is 2. The normalized spacial score (nSPS) is 12.9. The summed E-state index contributed by atoms with van der Waals surface area (Å²) in [7, 11) is 0. The van der Waals surface area contributed by atoms with E-state index in [1.54, 1.807) is 0 Å². The fourth-order valence-corrected chi connectivity index (χ4v) is 3.68. The van der Waals surface area contributed by atoms with Gasteiger partial charge in [-0.25, -0.2) is 4.98 Å². The van der Waals surface area contributed by atoms with Crippen LogP contribution in [0.4, 0.5) is 11.4 Å². The number of hydrogen-bond acceptors (Lipinski definition) is 3. The lowest BCUT2D eigenvalue weighted by Crippen LogP contribution is -2.21. The smallest absolute Gasteiger partial charge is 0.291 e. The molecule has 0 bridgehead atoms. The lowest BCUT2D eigenvalue weighted by molar-refractivity contribution is 0.101. The van der Waals surface area contributed by atoms with Gasteiger partial charge in [-0.2, -0.15) is 0 Å². The van der Waals surface area contributed by atoms with Gasteiger partial charge < -0.3 is 15.2 Å². The van der Waals surface area contributed by atoms with Gasteiger partial charge in [-0.1, -0.05) is 36.4 Å². The Kier molecular flexibility index (Phi) is 5.16. The predicted molar refractivity (Wildman–Crippen MR) is 113 cm³/mol. The highest BCUT2D eigenvalue weighted by Gasteiger charge is 2.28. The van der Waals surface area contributed by atoms with E-state index in [-0.39, 0.29) is 17.6 Å². The van der Waals surface area contributed by atoms with Gasteiger partial charge in [-0.3, -0.25) is 9.59 Å².